The maximum atomic E-state index is 5.43. The molecule has 0 spiro atoms. The molecule has 0 unspecified atom stereocenters. The van der Waals surface area contributed by atoms with Gasteiger partial charge in [-0.05, 0) is 30.3 Å². The Morgan fingerprint density at radius 2 is 2.06 bits per heavy atom. The van der Waals surface area contributed by atoms with E-state index in [-0.39, 0.29) is 0 Å². The van der Waals surface area contributed by atoms with E-state index >= 15 is 0 Å². The van der Waals surface area contributed by atoms with Crippen molar-refractivity contribution in [1.29, 1.82) is 0 Å². The number of halogens is 1. The van der Waals surface area contributed by atoms with Gasteiger partial charge in [0.15, 0.2) is 5.76 Å². The van der Waals surface area contributed by atoms with Crippen LogP contribution in [0.2, 0.25) is 0 Å². The molecule has 0 aliphatic rings. The van der Waals surface area contributed by atoms with Gasteiger partial charge in [0.25, 0.3) is 0 Å². The largest absolute Gasteiger partial charge is 0.497 e. The first-order valence-electron chi connectivity index (χ1n) is 5.47. The van der Waals surface area contributed by atoms with Gasteiger partial charge < -0.3 is 9.26 Å². The van der Waals surface area contributed by atoms with Gasteiger partial charge in [0, 0.05) is 10.0 Å². The van der Waals surface area contributed by atoms with Gasteiger partial charge in [0.05, 0.1) is 12.5 Å². The molecule has 1 aromatic heterocycles. The fourth-order valence-corrected chi connectivity index (χ4v) is 2.25. The number of nitrogens with zero attached hydrogens (tertiary/aromatic N) is 1. The van der Waals surface area contributed by atoms with Crippen molar-refractivity contribution in [2.24, 2.45) is 0 Å². The average molecular weight is 304 g/mol. The third-order valence-electron chi connectivity index (χ3n) is 2.77. The second kappa shape index (κ2) is 4.46. The molecule has 3 rings (SSSR count). The predicted molar refractivity (Wildman–Crippen MR) is 73.7 cm³/mol. The number of ether oxygens (including phenoxy) is 1. The Labute approximate surface area is 112 Å². The Kier molecular flexibility index (Phi) is 2.80. The van der Waals surface area contributed by atoms with Crippen molar-refractivity contribution < 1.29 is 9.26 Å². The number of rotatable bonds is 2. The highest BCUT2D eigenvalue weighted by Crippen LogP contribution is 2.32. The number of methoxy groups -OCH3 is 1. The van der Waals surface area contributed by atoms with E-state index in [9.17, 15) is 0 Å². The molecule has 0 atom stereocenters. The predicted octanol–water partition coefficient (Wildman–Crippen LogP) is 4.27. The third kappa shape index (κ3) is 1.88. The van der Waals surface area contributed by atoms with Crippen LogP contribution in [0.15, 0.2) is 51.5 Å². The van der Waals surface area contributed by atoms with Crippen LogP contribution < -0.4 is 4.74 Å². The lowest BCUT2D eigenvalue weighted by Gasteiger charge is -2.01. The topological polar surface area (TPSA) is 35.3 Å². The summed E-state index contributed by atoms with van der Waals surface area (Å²) < 4.78 is 11.6. The second-order valence-electron chi connectivity index (χ2n) is 3.91. The van der Waals surface area contributed by atoms with Crippen LogP contribution in [-0.4, -0.2) is 12.3 Å². The molecule has 3 nitrogen and oxygen atoms in total. The zero-order valence-electron chi connectivity index (χ0n) is 9.68. The van der Waals surface area contributed by atoms with Crippen LogP contribution in [0.3, 0.4) is 0 Å². The molecule has 0 aliphatic carbocycles. The lowest BCUT2D eigenvalue weighted by atomic mass is 10.1. The van der Waals surface area contributed by atoms with Crippen LogP contribution in [0.25, 0.3) is 22.2 Å². The first kappa shape index (κ1) is 11.3. The fourth-order valence-electron chi connectivity index (χ4n) is 1.89. The van der Waals surface area contributed by atoms with Gasteiger partial charge in [-0.3, -0.25) is 0 Å². The van der Waals surface area contributed by atoms with Gasteiger partial charge in [0.1, 0.15) is 11.3 Å². The normalized spacial score (nSPS) is 10.8. The molecule has 0 saturated carbocycles. The van der Waals surface area contributed by atoms with Gasteiger partial charge in [-0.25, -0.2) is 0 Å². The highest BCUT2D eigenvalue weighted by molar-refractivity contribution is 9.10. The summed E-state index contributed by atoms with van der Waals surface area (Å²) >= 11 is 3.46. The van der Waals surface area contributed by atoms with Crippen molar-refractivity contribution in [1.82, 2.24) is 5.16 Å². The van der Waals surface area contributed by atoms with E-state index in [1.165, 1.54) is 0 Å². The van der Waals surface area contributed by atoms with Crippen LogP contribution >= 0.6 is 15.9 Å². The molecule has 0 amide bonds. The Hall–Kier alpha value is -1.81. The Balaban J connectivity index is 2.21. The standard InChI is InChI=1S/C14H10BrNO2/c1-17-11-4-2-3-9(7-11)14-12-8-10(15)5-6-13(12)16-18-14/h2-8H,1H3. The number of hydrogen-bond donors (Lipinski definition) is 0. The summed E-state index contributed by atoms with van der Waals surface area (Å²) in [4.78, 5) is 0. The molecule has 3 aromatic rings. The van der Waals surface area contributed by atoms with E-state index in [1.807, 2.05) is 42.5 Å². The summed E-state index contributed by atoms with van der Waals surface area (Å²) in [5, 5.41) is 5.04. The van der Waals surface area contributed by atoms with Gasteiger partial charge >= 0.3 is 0 Å². The van der Waals surface area contributed by atoms with Crippen molar-refractivity contribution >= 4 is 26.8 Å². The maximum absolute atomic E-state index is 5.43. The van der Waals surface area contributed by atoms with E-state index in [1.54, 1.807) is 7.11 Å². The highest BCUT2D eigenvalue weighted by atomic mass is 79.9. The molecule has 4 heteroatoms. The Bertz CT molecular complexity index is 706. The highest BCUT2D eigenvalue weighted by Gasteiger charge is 2.11. The smallest absolute Gasteiger partial charge is 0.174 e. The van der Waals surface area contributed by atoms with Crippen molar-refractivity contribution in [2.75, 3.05) is 7.11 Å². The zero-order valence-corrected chi connectivity index (χ0v) is 11.3. The Morgan fingerprint density at radius 1 is 1.17 bits per heavy atom. The minimum absolute atomic E-state index is 0.755. The lowest BCUT2D eigenvalue weighted by molar-refractivity contribution is 0.414. The van der Waals surface area contributed by atoms with Crippen molar-refractivity contribution in [3.05, 3.63) is 46.9 Å². The zero-order chi connectivity index (χ0) is 12.5. The van der Waals surface area contributed by atoms with Crippen LogP contribution in [-0.2, 0) is 0 Å². The number of aromatic nitrogens is 1. The third-order valence-corrected chi connectivity index (χ3v) is 3.26. The molecular formula is C14H10BrNO2. The number of fused-ring (bicyclic) bond motifs is 1. The van der Waals surface area contributed by atoms with Gasteiger partial charge in [-0.15, -0.1) is 0 Å². The Morgan fingerprint density at radius 3 is 2.89 bits per heavy atom. The van der Waals surface area contributed by atoms with Gasteiger partial charge in [-0.2, -0.15) is 0 Å². The summed E-state index contributed by atoms with van der Waals surface area (Å²) in [5.74, 6) is 1.55. The van der Waals surface area contributed by atoms with E-state index < -0.39 is 0 Å². The number of benzene rings is 2. The minimum Gasteiger partial charge on any atom is -0.497 e. The number of hydrogen-bond acceptors (Lipinski definition) is 3. The first-order chi connectivity index (χ1) is 8.78. The van der Waals surface area contributed by atoms with Crippen LogP contribution in [0.4, 0.5) is 0 Å². The van der Waals surface area contributed by atoms with E-state index in [4.69, 9.17) is 9.26 Å². The van der Waals surface area contributed by atoms with E-state index in [0.717, 1.165) is 32.4 Å². The summed E-state index contributed by atoms with van der Waals surface area (Å²) in [6.07, 6.45) is 0. The van der Waals surface area contributed by atoms with Crippen molar-refractivity contribution in [3.63, 3.8) is 0 Å². The van der Waals surface area contributed by atoms with E-state index in [0.29, 0.717) is 0 Å². The molecule has 0 fully saturated rings. The molecular weight excluding hydrogens is 294 g/mol. The van der Waals surface area contributed by atoms with Crippen LogP contribution in [0.5, 0.6) is 5.75 Å². The van der Waals surface area contributed by atoms with Gasteiger partial charge in [-0.1, -0.05) is 33.2 Å². The van der Waals surface area contributed by atoms with Crippen LogP contribution in [0.1, 0.15) is 0 Å². The van der Waals surface area contributed by atoms with Crippen molar-refractivity contribution in [3.8, 4) is 17.1 Å². The molecule has 18 heavy (non-hydrogen) atoms. The SMILES string of the molecule is COc1cccc(-c2onc3ccc(Br)cc23)c1. The summed E-state index contributed by atoms with van der Waals surface area (Å²) in [5.41, 5.74) is 1.80. The molecule has 0 N–H and O–H groups in total. The first-order valence-corrected chi connectivity index (χ1v) is 6.26. The average Bonchev–Trinajstić information content (AvgIpc) is 2.81. The van der Waals surface area contributed by atoms with E-state index in [2.05, 4.69) is 21.1 Å². The van der Waals surface area contributed by atoms with Crippen molar-refractivity contribution in [2.45, 2.75) is 0 Å². The van der Waals surface area contributed by atoms with Crippen LogP contribution in [0, 0.1) is 0 Å². The molecule has 2 aromatic carbocycles. The molecule has 0 aliphatic heterocycles. The monoisotopic (exact) mass is 303 g/mol. The summed E-state index contributed by atoms with van der Waals surface area (Å²) in [6.45, 7) is 0. The summed E-state index contributed by atoms with van der Waals surface area (Å²) in [7, 11) is 1.65. The molecule has 0 radical (unpaired) electrons. The molecule has 0 saturated heterocycles. The lowest BCUT2D eigenvalue weighted by Crippen LogP contribution is -1.83. The second-order valence-corrected chi connectivity index (χ2v) is 4.82. The minimum atomic E-state index is 0.755. The maximum Gasteiger partial charge on any atom is 0.174 e. The molecule has 90 valence electrons. The quantitative estimate of drug-likeness (QED) is 0.709. The van der Waals surface area contributed by atoms with Gasteiger partial charge in [0.2, 0.25) is 0 Å². The molecule has 0 bridgehead atoms. The summed E-state index contributed by atoms with van der Waals surface area (Å²) in [6, 6.07) is 13.6. The molecule has 1 heterocycles. The fraction of sp³-hybridized carbons (Fsp3) is 0.0714.